The SMILES string of the molecule is CCNC(=O)C1CCN(C(=O)c2ccccc2NC(=O)c2ccsc2)CC1. The zero-order chi connectivity index (χ0) is 19.2. The van der Waals surface area contributed by atoms with E-state index in [4.69, 9.17) is 0 Å². The van der Waals surface area contributed by atoms with Crippen molar-refractivity contribution in [1.29, 1.82) is 0 Å². The Kier molecular flexibility index (Phi) is 6.24. The molecule has 1 fully saturated rings. The minimum absolute atomic E-state index is 0.0393. The van der Waals surface area contributed by atoms with Crippen LogP contribution in [0.1, 0.15) is 40.5 Å². The summed E-state index contributed by atoms with van der Waals surface area (Å²) in [5.41, 5.74) is 1.55. The van der Waals surface area contributed by atoms with Gasteiger partial charge in [-0.25, -0.2) is 0 Å². The average molecular weight is 385 g/mol. The molecule has 7 heteroatoms. The van der Waals surface area contributed by atoms with E-state index in [2.05, 4.69) is 10.6 Å². The van der Waals surface area contributed by atoms with Crippen molar-refractivity contribution in [3.05, 3.63) is 52.2 Å². The number of piperidine rings is 1. The number of rotatable bonds is 5. The molecule has 0 bridgehead atoms. The molecule has 0 unspecified atom stereocenters. The normalized spacial score (nSPS) is 14.6. The Bertz CT molecular complexity index is 812. The molecule has 0 radical (unpaired) electrons. The van der Waals surface area contributed by atoms with Gasteiger partial charge < -0.3 is 15.5 Å². The van der Waals surface area contributed by atoms with Crippen LogP contribution < -0.4 is 10.6 Å². The van der Waals surface area contributed by atoms with E-state index < -0.39 is 0 Å². The summed E-state index contributed by atoms with van der Waals surface area (Å²) in [5.74, 6) is -0.326. The van der Waals surface area contributed by atoms with Gasteiger partial charge in [0, 0.05) is 30.9 Å². The summed E-state index contributed by atoms with van der Waals surface area (Å²) in [4.78, 5) is 39.0. The maximum Gasteiger partial charge on any atom is 0.256 e. The van der Waals surface area contributed by atoms with Crippen molar-refractivity contribution < 1.29 is 14.4 Å². The molecule has 142 valence electrons. The minimum Gasteiger partial charge on any atom is -0.356 e. The number of nitrogens with one attached hydrogen (secondary N) is 2. The minimum atomic E-state index is -0.230. The van der Waals surface area contributed by atoms with E-state index in [1.807, 2.05) is 12.3 Å². The number of carbonyl (C=O) groups is 3. The monoisotopic (exact) mass is 385 g/mol. The van der Waals surface area contributed by atoms with Gasteiger partial charge in [0.05, 0.1) is 16.8 Å². The predicted octanol–water partition coefficient (Wildman–Crippen LogP) is 2.99. The molecule has 0 aliphatic carbocycles. The van der Waals surface area contributed by atoms with Gasteiger partial charge in [-0.05, 0) is 43.3 Å². The summed E-state index contributed by atoms with van der Waals surface area (Å²) in [5, 5.41) is 9.29. The van der Waals surface area contributed by atoms with E-state index in [0.717, 1.165) is 0 Å². The molecular weight excluding hydrogens is 362 g/mol. The first-order valence-corrected chi connectivity index (χ1v) is 10.0. The summed E-state index contributed by atoms with van der Waals surface area (Å²) >= 11 is 1.45. The lowest BCUT2D eigenvalue weighted by molar-refractivity contribution is -0.126. The molecule has 1 aromatic carbocycles. The Morgan fingerprint density at radius 3 is 2.56 bits per heavy atom. The Morgan fingerprint density at radius 2 is 1.89 bits per heavy atom. The second-order valence-electron chi connectivity index (χ2n) is 6.47. The van der Waals surface area contributed by atoms with E-state index in [1.54, 1.807) is 40.6 Å². The molecule has 3 amide bonds. The Balaban J connectivity index is 1.67. The number of anilines is 1. The lowest BCUT2D eigenvalue weighted by Crippen LogP contribution is -2.43. The Hall–Kier alpha value is -2.67. The summed E-state index contributed by atoms with van der Waals surface area (Å²) in [6.45, 7) is 3.59. The first-order valence-electron chi connectivity index (χ1n) is 9.09. The van der Waals surface area contributed by atoms with Crippen LogP contribution in [0.2, 0.25) is 0 Å². The van der Waals surface area contributed by atoms with Crippen molar-refractivity contribution in [2.75, 3.05) is 25.0 Å². The van der Waals surface area contributed by atoms with Crippen LogP contribution in [0.4, 0.5) is 5.69 Å². The number of hydrogen-bond acceptors (Lipinski definition) is 4. The quantitative estimate of drug-likeness (QED) is 0.830. The van der Waals surface area contributed by atoms with Crippen LogP contribution in [0.15, 0.2) is 41.1 Å². The maximum absolute atomic E-state index is 13.0. The van der Waals surface area contributed by atoms with E-state index in [-0.39, 0.29) is 23.6 Å². The number of nitrogens with zero attached hydrogens (tertiary/aromatic N) is 1. The van der Waals surface area contributed by atoms with Crippen LogP contribution in [0.3, 0.4) is 0 Å². The number of benzene rings is 1. The highest BCUT2D eigenvalue weighted by Gasteiger charge is 2.28. The second kappa shape index (κ2) is 8.81. The molecule has 1 aromatic heterocycles. The molecule has 6 nitrogen and oxygen atoms in total. The molecule has 2 aromatic rings. The third kappa shape index (κ3) is 4.54. The zero-order valence-electron chi connectivity index (χ0n) is 15.2. The standard InChI is InChI=1S/C20H23N3O3S/c1-2-21-18(24)14-7-10-23(11-8-14)20(26)16-5-3-4-6-17(16)22-19(25)15-9-12-27-13-15/h3-6,9,12-14H,2,7-8,10-11H2,1H3,(H,21,24)(H,22,25). The molecule has 1 aliphatic rings. The molecule has 27 heavy (non-hydrogen) atoms. The van der Waals surface area contributed by atoms with Crippen molar-refractivity contribution in [1.82, 2.24) is 10.2 Å². The van der Waals surface area contributed by atoms with Gasteiger partial charge in [-0.2, -0.15) is 11.3 Å². The van der Waals surface area contributed by atoms with Crippen LogP contribution in [0.25, 0.3) is 0 Å². The van der Waals surface area contributed by atoms with Crippen molar-refractivity contribution >= 4 is 34.7 Å². The fraction of sp³-hybridized carbons (Fsp3) is 0.350. The van der Waals surface area contributed by atoms with Crippen LogP contribution in [-0.4, -0.2) is 42.3 Å². The van der Waals surface area contributed by atoms with Gasteiger partial charge in [0.2, 0.25) is 5.91 Å². The van der Waals surface area contributed by atoms with Crippen LogP contribution in [0.5, 0.6) is 0 Å². The predicted molar refractivity (Wildman–Crippen MR) is 106 cm³/mol. The number of para-hydroxylation sites is 1. The van der Waals surface area contributed by atoms with Gasteiger partial charge in [-0.1, -0.05) is 12.1 Å². The van der Waals surface area contributed by atoms with Gasteiger partial charge in [0.15, 0.2) is 0 Å². The largest absolute Gasteiger partial charge is 0.356 e. The molecule has 3 rings (SSSR count). The van der Waals surface area contributed by atoms with Crippen molar-refractivity contribution in [3.8, 4) is 0 Å². The number of carbonyl (C=O) groups excluding carboxylic acids is 3. The Morgan fingerprint density at radius 1 is 1.15 bits per heavy atom. The zero-order valence-corrected chi connectivity index (χ0v) is 16.1. The fourth-order valence-electron chi connectivity index (χ4n) is 3.20. The van der Waals surface area contributed by atoms with E-state index in [0.29, 0.717) is 49.3 Å². The molecular formula is C20H23N3O3S. The smallest absolute Gasteiger partial charge is 0.256 e. The number of thiophene rings is 1. The van der Waals surface area contributed by atoms with Gasteiger partial charge in [-0.15, -0.1) is 0 Å². The van der Waals surface area contributed by atoms with Crippen LogP contribution >= 0.6 is 11.3 Å². The molecule has 2 N–H and O–H groups in total. The summed E-state index contributed by atoms with van der Waals surface area (Å²) < 4.78 is 0. The second-order valence-corrected chi connectivity index (χ2v) is 7.25. The maximum atomic E-state index is 13.0. The summed E-state index contributed by atoms with van der Waals surface area (Å²) in [7, 11) is 0. The number of likely N-dealkylation sites (tertiary alicyclic amines) is 1. The Labute approximate surface area is 162 Å². The average Bonchev–Trinajstić information content (AvgIpc) is 3.23. The molecule has 1 aliphatic heterocycles. The molecule has 1 saturated heterocycles. The van der Waals surface area contributed by atoms with Gasteiger partial charge in [-0.3, -0.25) is 14.4 Å². The summed E-state index contributed by atoms with van der Waals surface area (Å²) in [6, 6.07) is 8.78. The van der Waals surface area contributed by atoms with E-state index in [1.165, 1.54) is 11.3 Å². The first kappa shape index (κ1) is 19.1. The third-order valence-corrected chi connectivity index (χ3v) is 5.38. The van der Waals surface area contributed by atoms with Crippen molar-refractivity contribution in [2.45, 2.75) is 19.8 Å². The molecule has 2 heterocycles. The van der Waals surface area contributed by atoms with Gasteiger partial charge in [0.25, 0.3) is 11.8 Å². The lowest BCUT2D eigenvalue weighted by Gasteiger charge is -2.31. The van der Waals surface area contributed by atoms with Crippen molar-refractivity contribution in [3.63, 3.8) is 0 Å². The highest BCUT2D eigenvalue weighted by atomic mass is 32.1. The van der Waals surface area contributed by atoms with Gasteiger partial charge in [0.1, 0.15) is 0 Å². The highest BCUT2D eigenvalue weighted by Crippen LogP contribution is 2.23. The van der Waals surface area contributed by atoms with Gasteiger partial charge >= 0.3 is 0 Å². The van der Waals surface area contributed by atoms with Crippen LogP contribution in [0, 0.1) is 5.92 Å². The molecule has 0 saturated carbocycles. The molecule has 0 spiro atoms. The first-order chi connectivity index (χ1) is 13.1. The third-order valence-electron chi connectivity index (χ3n) is 4.69. The van der Waals surface area contributed by atoms with Crippen LogP contribution in [-0.2, 0) is 4.79 Å². The van der Waals surface area contributed by atoms with Crippen molar-refractivity contribution in [2.24, 2.45) is 5.92 Å². The summed E-state index contributed by atoms with van der Waals surface area (Å²) in [6.07, 6.45) is 1.31. The number of hydrogen-bond donors (Lipinski definition) is 2. The lowest BCUT2D eigenvalue weighted by atomic mass is 9.95. The number of amides is 3. The molecule has 0 atom stereocenters. The highest BCUT2D eigenvalue weighted by molar-refractivity contribution is 7.08. The topological polar surface area (TPSA) is 78.5 Å². The fourth-order valence-corrected chi connectivity index (χ4v) is 3.84. The van der Waals surface area contributed by atoms with E-state index >= 15 is 0 Å². The van der Waals surface area contributed by atoms with E-state index in [9.17, 15) is 14.4 Å².